The van der Waals surface area contributed by atoms with Crippen LogP contribution in [0.1, 0.15) is 27.9 Å². The minimum Gasteiger partial charge on any atom is -0.497 e. The fourth-order valence-electron chi connectivity index (χ4n) is 4.79. The number of methoxy groups -OCH3 is 1. The summed E-state index contributed by atoms with van der Waals surface area (Å²) >= 11 is 0. The summed E-state index contributed by atoms with van der Waals surface area (Å²) in [4.78, 5) is 31.7. The van der Waals surface area contributed by atoms with Crippen LogP contribution < -0.4 is 14.5 Å². The van der Waals surface area contributed by atoms with E-state index in [2.05, 4.69) is 35.2 Å². The fraction of sp³-hybridized carbons (Fsp3) is 0.286. The molecule has 6 heteroatoms. The Hall–Kier alpha value is -3.80. The smallest absolute Gasteiger partial charge is 0.254 e. The van der Waals surface area contributed by atoms with Crippen LogP contribution in [-0.4, -0.2) is 50.0 Å². The summed E-state index contributed by atoms with van der Waals surface area (Å²) in [7, 11) is 1.61. The van der Waals surface area contributed by atoms with Gasteiger partial charge in [0, 0.05) is 49.5 Å². The van der Waals surface area contributed by atoms with Crippen LogP contribution in [0.3, 0.4) is 0 Å². The molecule has 0 spiro atoms. The molecule has 0 aromatic heterocycles. The standard InChI is InChI=1S/C28H29N3O3/c1-34-25-9-5-8-23(19-25)28(33)30-16-14-29(15-17-30)24-11-12-26-22(18-24)10-13-27(32)31(26)20-21-6-3-2-4-7-21/h2-9,11-12,18-19H,10,13-17,20H2,1H3. The highest BCUT2D eigenvalue weighted by Gasteiger charge is 2.27. The SMILES string of the molecule is COc1cccc(C(=O)N2CCN(c3ccc4c(c3)CCC(=O)N4Cc3ccccc3)CC2)c1. The number of fused-ring (bicyclic) bond motifs is 1. The lowest BCUT2D eigenvalue weighted by molar-refractivity contribution is -0.119. The predicted octanol–water partition coefficient (Wildman–Crippen LogP) is 4.14. The molecule has 174 valence electrons. The summed E-state index contributed by atoms with van der Waals surface area (Å²) in [5.41, 5.74) is 5.16. The molecule has 3 aromatic rings. The second-order valence-corrected chi connectivity index (χ2v) is 8.79. The zero-order valence-corrected chi connectivity index (χ0v) is 19.4. The van der Waals surface area contributed by atoms with Gasteiger partial charge in [0.2, 0.25) is 5.91 Å². The molecule has 2 aliphatic heterocycles. The number of anilines is 2. The van der Waals surface area contributed by atoms with Crippen LogP contribution in [0.15, 0.2) is 72.8 Å². The molecule has 2 aliphatic rings. The van der Waals surface area contributed by atoms with E-state index in [0.29, 0.717) is 37.4 Å². The van der Waals surface area contributed by atoms with Crippen LogP contribution in [0, 0.1) is 0 Å². The number of amides is 2. The molecule has 2 heterocycles. The minimum absolute atomic E-state index is 0.0408. The number of piperazine rings is 1. The van der Waals surface area contributed by atoms with Gasteiger partial charge in [0.25, 0.3) is 5.91 Å². The summed E-state index contributed by atoms with van der Waals surface area (Å²) in [6.07, 6.45) is 1.30. The van der Waals surface area contributed by atoms with E-state index in [9.17, 15) is 9.59 Å². The zero-order chi connectivity index (χ0) is 23.5. The lowest BCUT2D eigenvalue weighted by Crippen LogP contribution is -2.48. The van der Waals surface area contributed by atoms with Crippen LogP contribution in [-0.2, 0) is 17.8 Å². The third-order valence-electron chi connectivity index (χ3n) is 6.70. The maximum atomic E-state index is 12.9. The van der Waals surface area contributed by atoms with Gasteiger partial charge < -0.3 is 19.4 Å². The molecule has 2 amide bonds. The quantitative estimate of drug-likeness (QED) is 0.580. The number of benzene rings is 3. The van der Waals surface area contributed by atoms with E-state index in [4.69, 9.17) is 4.74 Å². The molecule has 0 saturated carbocycles. The van der Waals surface area contributed by atoms with Gasteiger partial charge in [-0.05, 0) is 53.9 Å². The molecule has 0 bridgehead atoms. The molecule has 1 fully saturated rings. The molecule has 0 radical (unpaired) electrons. The van der Waals surface area contributed by atoms with E-state index in [1.807, 2.05) is 46.2 Å². The van der Waals surface area contributed by atoms with Crippen LogP contribution in [0.4, 0.5) is 11.4 Å². The normalized spacial score (nSPS) is 15.8. The molecule has 0 aliphatic carbocycles. The lowest BCUT2D eigenvalue weighted by atomic mass is 9.99. The van der Waals surface area contributed by atoms with E-state index in [1.54, 1.807) is 13.2 Å². The van der Waals surface area contributed by atoms with Crippen LogP contribution in [0.2, 0.25) is 0 Å². The monoisotopic (exact) mass is 455 g/mol. The van der Waals surface area contributed by atoms with Crippen molar-refractivity contribution in [3.8, 4) is 5.75 Å². The first-order valence-electron chi connectivity index (χ1n) is 11.8. The average Bonchev–Trinajstić information content (AvgIpc) is 2.90. The number of carbonyl (C=O) groups excluding carboxylic acids is 2. The van der Waals surface area contributed by atoms with Crippen molar-refractivity contribution in [1.29, 1.82) is 0 Å². The minimum atomic E-state index is 0.0408. The van der Waals surface area contributed by atoms with Crippen molar-refractivity contribution in [3.63, 3.8) is 0 Å². The van der Waals surface area contributed by atoms with Gasteiger partial charge in [0.1, 0.15) is 5.75 Å². The zero-order valence-electron chi connectivity index (χ0n) is 19.4. The van der Waals surface area contributed by atoms with E-state index in [0.717, 1.165) is 36.4 Å². The topological polar surface area (TPSA) is 53.1 Å². The molecule has 0 atom stereocenters. The number of aryl methyl sites for hydroxylation is 1. The van der Waals surface area contributed by atoms with Gasteiger partial charge in [-0.1, -0.05) is 36.4 Å². The number of carbonyl (C=O) groups is 2. The van der Waals surface area contributed by atoms with Crippen molar-refractivity contribution in [1.82, 2.24) is 4.90 Å². The van der Waals surface area contributed by atoms with Gasteiger partial charge in [-0.3, -0.25) is 9.59 Å². The second-order valence-electron chi connectivity index (χ2n) is 8.79. The summed E-state index contributed by atoms with van der Waals surface area (Å²) < 4.78 is 5.26. The van der Waals surface area contributed by atoms with Crippen LogP contribution in [0.25, 0.3) is 0 Å². The molecule has 3 aromatic carbocycles. The van der Waals surface area contributed by atoms with Gasteiger partial charge in [-0.15, -0.1) is 0 Å². The Bertz CT molecular complexity index is 1190. The number of nitrogens with zero attached hydrogens (tertiary/aromatic N) is 3. The number of rotatable bonds is 5. The van der Waals surface area contributed by atoms with Gasteiger partial charge in [-0.25, -0.2) is 0 Å². The van der Waals surface area contributed by atoms with Gasteiger partial charge in [0.05, 0.1) is 13.7 Å². The largest absolute Gasteiger partial charge is 0.497 e. The Morgan fingerprint density at radius 3 is 2.44 bits per heavy atom. The van der Waals surface area contributed by atoms with Gasteiger partial charge in [-0.2, -0.15) is 0 Å². The summed E-state index contributed by atoms with van der Waals surface area (Å²) in [6.45, 7) is 3.50. The molecule has 5 rings (SSSR count). The molecule has 6 nitrogen and oxygen atoms in total. The summed E-state index contributed by atoms with van der Waals surface area (Å²) in [5, 5.41) is 0. The number of hydrogen-bond donors (Lipinski definition) is 0. The maximum absolute atomic E-state index is 12.9. The lowest BCUT2D eigenvalue weighted by Gasteiger charge is -2.37. The predicted molar refractivity (Wildman–Crippen MR) is 134 cm³/mol. The first-order valence-corrected chi connectivity index (χ1v) is 11.8. The molecular weight excluding hydrogens is 426 g/mol. The van der Waals surface area contributed by atoms with Crippen molar-refractivity contribution in [2.24, 2.45) is 0 Å². The highest BCUT2D eigenvalue weighted by atomic mass is 16.5. The Morgan fingerprint density at radius 1 is 0.882 bits per heavy atom. The van der Waals surface area contributed by atoms with Gasteiger partial charge >= 0.3 is 0 Å². The molecule has 34 heavy (non-hydrogen) atoms. The van der Waals surface area contributed by atoms with E-state index < -0.39 is 0 Å². The second kappa shape index (κ2) is 9.59. The van der Waals surface area contributed by atoms with Crippen molar-refractivity contribution in [2.75, 3.05) is 43.1 Å². The Balaban J connectivity index is 1.27. The molecule has 1 saturated heterocycles. The molecule has 0 unspecified atom stereocenters. The van der Waals surface area contributed by atoms with Crippen molar-refractivity contribution in [3.05, 3.63) is 89.5 Å². The molecule has 0 N–H and O–H groups in total. The maximum Gasteiger partial charge on any atom is 0.254 e. The Morgan fingerprint density at radius 2 is 1.68 bits per heavy atom. The van der Waals surface area contributed by atoms with Crippen molar-refractivity contribution in [2.45, 2.75) is 19.4 Å². The highest BCUT2D eigenvalue weighted by Crippen LogP contribution is 2.33. The van der Waals surface area contributed by atoms with Crippen LogP contribution in [0.5, 0.6) is 5.75 Å². The highest BCUT2D eigenvalue weighted by molar-refractivity contribution is 5.97. The van der Waals surface area contributed by atoms with Crippen LogP contribution >= 0.6 is 0 Å². The van der Waals surface area contributed by atoms with Crippen molar-refractivity contribution >= 4 is 23.2 Å². The fourth-order valence-corrected chi connectivity index (χ4v) is 4.79. The third kappa shape index (κ3) is 4.49. The van der Waals surface area contributed by atoms with E-state index in [1.165, 1.54) is 5.56 Å². The Kier molecular flexibility index (Phi) is 6.21. The first kappa shape index (κ1) is 22.0. The number of hydrogen-bond acceptors (Lipinski definition) is 4. The average molecular weight is 456 g/mol. The van der Waals surface area contributed by atoms with E-state index in [-0.39, 0.29) is 11.8 Å². The summed E-state index contributed by atoms with van der Waals surface area (Å²) in [6, 6.07) is 23.9. The number of ether oxygens (including phenoxy) is 1. The van der Waals surface area contributed by atoms with E-state index >= 15 is 0 Å². The first-order chi connectivity index (χ1) is 16.6. The Labute approximate surface area is 200 Å². The molecular formula is C28H29N3O3. The van der Waals surface area contributed by atoms with Gasteiger partial charge in [0.15, 0.2) is 0 Å². The third-order valence-corrected chi connectivity index (χ3v) is 6.70. The summed E-state index contributed by atoms with van der Waals surface area (Å²) in [5.74, 6) is 0.908. The van der Waals surface area contributed by atoms with Crippen molar-refractivity contribution < 1.29 is 14.3 Å².